The van der Waals surface area contributed by atoms with Crippen LogP contribution >= 0.6 is 34.4 Å². The van der Waals surface area contributed by atoms with Crippen LogP contribution in [0, 0.1) is 3.57 Å². The number of benzene rings is 4. The van der Waals surface area contributed by atoms with Crippen molar-refractivity contribution in [2.24, 2.45) is 0 Å². The molecule has 0 bridgehead atoms. The highest BCUT2D eigenvalue weighted by Crippen LogP contribution is 2.35. The molecule has 226 valence electrons. The molecule has 4 aromatic rings. The zero-order chi connectivity index (χ0) is 31.9. The van der Waals surface area contributed by atoms with E-state index in [1.807, 2.05) is 12.1 Å². The lowest BCUT2D eigenvalue weighted by Crippen LogP contribution is -2.31. The van der Waals surface area contributed by atoms with E-state index in [0.29, 0.717) is 33.1 Å². The van der Waals surface area contributed by atoms with Crippen LogP contribution in [0.5, 0.6) is 0 Å². The molecule has 45 heavy (non-hydrogen) atoms. The quantitative estimate of drug-likeness (QED) is 0.109. The van der Waals surface area contributed by atoms with Gasteiger partial charge in [0, 0.05) is 38.7 Å². The van der Waals surface area contributed by atoms with Crippen LogP contribution < -0.4 is 20.9 Å². The Labute approximate surface area is 277 Å². The molecule has 0 saturated carbocycles. The van der Waals surface area contributed by atoms with Gasteiger partial charge in [0.1, 0.15) is 5.70 Å². The van der Waals surface area contributed by atoms with Gasteiger partial charge in [0.2, 0.25) is 17.7 Å². The zero-order valence-electron chi connectivity index (χ0n) is 24.0. The summed E-state index contributed by atoms with van der Waals surface area (Å²) in [7, 11) is 0. The highest BCUT2D eigenvalue weighted by Gasteiger charge is 2.40. The average Bonchev–Trinajstić information content (AvgIpc) is 3.30. The van der Waals surface area contributed by atoms with E-state index in [2.05, 4.69) is 38.5 Å². The van der Waals surface area contributed by atoms with Gasteiger partial charge in [-0.3, -0.25) is 24.0 Å². The van der Waals surface area contributed by atoms with E-state index in [4.69, 9.17) is 0 Å². The molecule has 0 spiro atoms. The summed E-state index contributed by atoms with van der Waals surface area (Å²) in [5.74, 6) is -1.79. The summed E-state index contributed by atoms with van der Waals surface area (Å²) >= 11 is 3.41. The molecule has 3 N–H and O–H groups in total. The lowest BCUT2D eigenvalue weighted by atomic mass is 10.1. The number of rotatable bonds is 9. The SMILES string of the molecule is CC(=O)Nc1ccc(C=C(NC(=O)c2ccccc2)C(=O)Nc2cccc(SC3CC(=O)N(c4ccc(I)cc4)C3=O)c2)cc1. The molecule has 5 amide bonds. The molecular weight excluding hydrogens is 703 g/mol. The molecule has 4 aromatic carbocycles. The summed E-state index contributed by atoms with van der Waals surface area (Å²) in [6.45, 7) is 1.41. The van der Waals surface area contributed by atoms with E-state index in [9.17, 15) is 24.0 Å². The standard InChI is InChI=1S/C34H27IN4O5S/c1-21(40)36-25-14-10-22(11-15-25)18-29(38-32(42)23-6-3-2-4-7-23)33(43)37-26-8-5-9-28(19-26)45-30-20-31(41)39(34(30)44)27-16-12-24(35)13-17-27/h2-19,30H,20H2,1H3,(H,36,40)(H,37,43)(H,38,42). The Bertz CT molecular complexity index is 1790. The van der Waals surface area contributed by atoms with Crippen molar-refractivity contribution in [2.75, 3.05) is 15.5 Å². The van der Waals surface area contributed by atoms with E-state index in [-0.39, 0.29) is 29.8 Å². The van der Waals surface area contributed by atoms with Gasteiger partial charge in [0.15, 0.2) is 0 Å². The van der Waals surface area contributed by atoms with Gasteiger partial charge in [-0.2, -0.15) is 0 Å². The molecule has 1 aliphatic heterocycles. The summed E-state index contributed by atoms with van der Waals surface area (Å²) in [5, 5.41) is 7.61. The monoisotopic (exact) mass is 730 g/mol. The van der Waals surface area contributed by atoms with Crippen LogP contribution in [-0.2, 0) is 19.2 Å². The smallest absolute Gasteiger partial charge is 0.272 e. The molecule has 5 rings (SSSR count). The molecule has 1 atom stereocenters. The second kappa shape index (κ2) is 14.4. The Balaban J connectivity index is 1.33. The van der Waals surface area contributed by atoms with Crippen molar-refractivity contribution in [3.63, 3.8) is 0 Å². The molecule has 0 aliphatic carbocycles. The Morgan fingerprint density at radius 1 is 0.844 bits per heavy atom. The third-order valence-electron chi connectivity index (χ3n) is 6.63. The number of halogens is 1. The minimum atomic E-state index is -0.608. The van der Waals surface area contributed by atoms with Crippen LogP contribution in [0.25, 0.3) is 6.08 Å². The first-order valence-corrected chi connectivity index (χ1v) is 15.8. The Kier molecular flexibility index (Phi) is 10.1. The van der Waals surface area contributed by atoms with Crippen molar-refractivity contribution >= 4 is 87.0 Å². The lowest BCUT2D eigenvalue weighted by molar-refractivity contribution is -0.121. The predicted molar refractivity (Wildman–Crippen MR) is 184 cm³/mol. The van der Waals surface area contributed by atoms with Crippen molar-refractivity contribution in [3.05, 3.63) is 124 Å². The maximum Gasteiger partial charge on any atom is 0.272 e. The minimum absolute atomic E-state index is 0.00100. The molecule has 1 saturated heterocycles. The number of hydrogen-bond donors (Lipinski definition) is 3. The number of nitrogens with zero attached hydrogens (tertiary/aromatic N) is 1. The van der Waals surface area contributed by atoms with Crippen molar-refractivity contribution in [3.8, 4) is 0 Å². The number of thioether (sulfide) groups is 1. The summed E-state index contributed by atoms with van der Waals surface area (Å²) in [6, 6.07) is 29.5. The first-order chi connectivity index (χ1) is 21.7. The molecule has 1 fully saturated rings. The summed E-state index contributed by atoms with van der Waals surface area (Å²) in [5.41, 5.74) is 2.57. The van der Waals surface area contributed by atoms with Crippen LogP contribution in [0.4, 0.5) is 17.1 Å². The molecule has 0 aromatic heterocycles. The lowest BCUT2D eigenvalue weighted by Gasteiger charge is -2.15. The maximum absolute atomic E-state index is 13.5. The van der Waals surface area contributed by atoms with Gasteiger partial charge in [0.05, 0.1) is 10.9 Å². The largest absolute Gasteiger partial charge is 0.326 e. The molecular formula is C34H27IN4O5S. The van der Waals surface area contributed by atoms with Crippen molar-refractivity contribution in [2.45, 2.75) is 23.5 Å². The van der Waals surface area contributed by atoms with E-state index in [1.165, 1.54) is 29.7 Å². The zero-order valence-corrected chi connectivity index (χ0v) is 26.9. The van der Waals surface area contributed by atoms with Crippen LogP contribution in [0.15, 0.2) is 114 Å². The second-order valence-corrected chi connectivity index (χ2v) is 12.5. The third kappa shape index (κ3) is 8.25. The van der Waals surface area contributed by atoms with Gasteiger partial charge in [-0.25, -0.2) is 4.90 Å². The highest BCUT2D eigenvalue weighted by atomic mass is 127. The van der Waals surface area contributed by atoms with Gasteiger partial charge in [-0.1, -0.05) is 36.4 Å². The number of hydrogen-bond acceptors (Lipinski definition) is 6. The van der Waals surface area contributed by atoms with Gasteiger partial charge in [-0.15, -0.1) is 11.8 Å². The van der Waals surface area contributed by atoms with Crippen LogP contribution in [-0.4, -0.2) is 34.8 Å². The van der Waals surface area contributed by atoms with E-state index in [1.54, 1.807) is 91.0 Å². The Morgan fingerprint density at radius 3 is 2.24 bits per heavy atom. The van der Waals surface area contributed by atoms with Gasteiger partial charge in [-0.05, 0) is 101 Å². The molecule has 0 radical (unpaired) electrons. The van der Waals surface area contributed by atoms with Gasteiger partial charge < -0.3 is 16.0 Å². The number of carbonyl (C=O) groups is 5. The van der Waals surface area contributed by atoms with E-state index < -0.39 is 17.1 Å². The normalized spacial score (nSPS) is 14.7. The summed E-state index contributed by atoms with van der Waals surface area (Å²) < 4.78 is 0.998. The number of nitrogens with one attached hydrogen (secondary N) is 3. The topological polar surface area (TPSA) is 125 Å². The number of imide groups is 1. The molecule has 1 unspecified atom stereocenters. The third-order valence-corrected chi connectivity index (χ3v) is 8.53. The van der Waals surface area contributed by atoms with Crippen molar-refractivity contribution < 1.29 is 24.0 Å². The first kappa shape index (κ1) is 31.7. The van der Waals surface area contributed by atoms with Crippen molar-refractivity contribution in [1.29, 1.82) is 0 Å². The fourth-order valence-electron chi connectivity index (χ4n) is 4.54. The summed E-state index contributed by atoms with van der Waals surface area (Å²) in [6.07, 6.45) is 1.60. The molecule has 1 aliphatic rings. The van der Waals surface area contributed by atoms with Gasteiger partial charge >= 0.3 is 0 Å². The van der Waals surface area contributed by atoms with Crippen LogP contribution in [0.3, 0.4) is 0 Å². The molecule has 11 heteroatoms. The van der Waals surface area contributed by atoms with E-state index in [0.717, 1.165) is 3.57 Å². The second-order valence-electron chi connectivity index (χ2n) is 10.0. The Morgan fingerprint density at radius 2 is 1.56 bits per heavy atom. The minimum Gasteiger partial charge on any atom is -0.326 e. The fourth-order valence-corrected chi connectivity index (χ4v) is 6.01. The fraction of sp³-hybridized carbons (Fsp3) is 0.0882. The number of anilines is 3. The number of amides is 5. The van der Waals surface area contributed by atoms with Crippen LogP contribution in [0.1, 0.15) is 29.3 Å². The predicted octanol–water partition coefficient (Wildman–Crippen LogP) is 6.08. The van der Waals surface area contributed by atoms with E-state index >= 15 is 0 Å². The molecule has 1 heterocycles. The molecule has 9 nitrogen and oxygen atoms in total. The number of carbonyl (C=O) groups excluding carboxylic acids is 5. The van der Waals surface area contributed by atoms with Crippen molar-refractivity contribution in [1.82, 2.24) is 5.32 Å². The average molecular weight is 731 g/mol. The van der Waals surface area contributed by atoms with Crippen LogP contribution in [0.2, 0.25) is 0 Å². The summed E-state index contributed by atoms with van der Waals surface area (Å²) in [4.78, 5) is 65.7. The maximum atomic E-state index is 13.5. The Hall–Kier alpha value is -4.75. The highest BCUT2D eigenvalue weighted by molar-refractivity contribution is 14.1. The van der Waals surface area contributed by atoms with Gasteiger partial charge in [0.25, 0.3) is 11.8 Å². The first-order valence-electron chi connectivity index (χ1n) is 13.8.